The van der Waals surface area contributed by atoms with E-state index < -0.39 is 0 Å². The van der Waals surface area contributed by atoms with Crippen LogP contribution in [0.3, 0.4) is 0 Å². The summed E-state index contributed by atoms with van der Waals surface area (Å²) >= 11 is 0. The van der Waals surface area contributed by atoms with Gasteiger partial charge in [-0.2, -0.15) is 0 Å². The number of pyridine rings is 1. The molecule has 0 atom stereocenters. The highest BCUT2D eigenvalue weighted by Gasteiger charge is 2.16. The molecule has 0 aliphatic carbocycles. The number of hydrogen-bond acceptors (Lipinski definition) is 5. The Kier molecular flexibility index (Phi) is 4.39. The number of benzene rings is 1. The van der Waals surface area contributed by atoms with Gasteiger partial charge in [0.1, 0.15) is 17.3 Å². The molecule has 4 heterocycles. The summed E-state index contributed by atoms with van der Waals surface area (Å²) in [4.78, 5) is 9.25. The summed E-state index contributed by atoms with van der Waals surface area (Å²) in [5, 5.41) is 8.01. The molecule has 0 saturated heterocycles. The lowest BCUT2D eigenvalue weighted by atomic mass is 10.2. The molecular weight excluding hydrogens is 383 g/mol. The molecule has 0 amide bonds. The Labute approximate surface area is 171 Å². The third kappa shape index (κ3) is 3.16. The lowest BCUT2D eigenvalue weighted by molar-refractivity contribution is 0.532. The van der Waals surface area contributed by atoms with Crippen molar-refractivity contribution in [2.45, 2.75) is 26.8 Å². The molecule has 1 aromatic carbocycles. The summed E-state index contributed by atoms with van der Waals surface area (Å²) < 4.78 is 23.3. The number of aromatic nitrogens is 6. The molecule has 0 bridgehead atoms. The summed E-state index contributed by atoms with van der Waals surface area (Å²) in [5.74, 6) is 1.43. The van der Waals surface area contributed by atoms with E-state index in [1.54, 1.807) is 19.2 Å². The first-order chi connectivity index (χ1) is 14.6. The van der Waals surface area contributed by atoms with Gasteiger partial charge in [0.25, 0.3) is 0 Å². The molecule has 4 aromatic heterocycles. The molecule has 0 spiro atoms. The van der Waals surface area contributed by atoms with E-state index in [-0.39, 0.29) is 5.82 Å². The summed E-state index contributed by atoms with van der Waals surface area (Å²) in [7, 11) is 0. The van der Waals surface area contributed by atoms with Gasteiger partial charge in [-0.1, -0.05) is 19.1 Å². The molecule has 0 saturated carbocycles. The maximum absolute atomic E-state index is 13.7. The van der Waals surface area contributed by atoms with E-state index in [1.807, 2.05) is 35.2 Å². The maximum Gasteiger partial charge on any atom is 0.249 e. The summed E-state index contributed by atoms with van der Waals surface area (Å²) in [6.45, 7) is 4.40. The van der Waals surface area contributed by atoms with Gasteiger partial charge >= 0.3 is 0 Å². The zero-order valence-corrected chi connectivity index (χ0v) is 16.6. The summed E-state index contributed by atoms with van der Waals surface area (Å²) in [6, 6.07) is 10.3. The molecule has 8 heteroatoms. The number of rotatable bonds is 5. The molecule has 0 unspecified atom stereocenters. The molecule has 0 radical (unpaired) electrons. The van der Waals surface area contributed by atoms with Gasteiger partial charge in [0.15, 0.2) is 0 Å². The van der Waals surface area contributed by atoms with E-state index in [0.717, 1.165) is 34.6 Å². The predicted molar refractivity (Wildman–Crippen MR) is 109 cm³/mol. The topological polar surface area (TPSA) is 74.0 Å². The fourth-order valence-electron chi connectivity index (χ4n) is 3.67. The molecule has 0 fully saturated rings. The predicted octanol–water partition coefficient (Wildman–Crippen LogP) is 4.31. The largest absolute Gasteiger partial charge is 0.421 e. The number of nitrogens with zero attached hydrogens (tertiary/aromatic N) is 6. The average molecular weight is 402 g/mol. The number of imidazole rings is 2. The molecule has 30 heavy (non-hydrogen) atoms. The lowest BCUT2D eigenvalue weighted by Crippen LogP contribution is -2.04. The van der Waals surface area contributed by atoms with Gasteiger partial charge < -0.3 is 13.4 Å². The van der Waals surface area contributed by atoms with Gasteiger partial charge in [-0.15, -0.1) is 10.2 Å². The molecule has 150 valence electrons. The van der Waals surface area contributed by atoms with Crippen molar-refractivity contribution in [3.05, 3.63) is 78.1 Å². The third-order valence-corrected chi connectivity index (χ3v) is 5.03. The van der Waals surface area contributed by atoms with E-state index in [1.165, 1.54) is 12.1 Å². The van der Waals surface area contributed by atoms with Crippen LogP contribution in [0.15, 0.2) is 59.4 Å². The zero-order valence-electron chi connectivity index (χ0n) is 16.6. The molecule has 0 aliphatic heterocycles. The highest BCUT2D eigenvalue weighted by molar-refractivity contribution is 5.58. The van der Waals surface area contributed by atoms with Gasteiger partial charge in [-0.25, -0.2) is 14.4 Å². The Bertz CT molecular complexity index is 1350. The first kappa shape index (κ1) is 18.2. The smallest absolute Gasteiger partial charge is 0.249 e. The Morgan fingerprint density at radius 3 is 2.77 bits per heavy atom. The van der Waals surface area contributed by atoms with Crippen molar-refractivity contribution in [3.63, 3.8) is 0 Å². The van der Waals surface area contributed by atoms with Crippen molar-refractivity contribution < 1.29 is 8.81 Å². The number of hydrogen-bond donors (Lipinski definition) is 0. The van der Waals surface area contributed by atoms with Crippen molar-refractivity contribution in [3.8, 4) is 22.8 Å². The average Bonchev–Trinajstić information content (AvgIpc) is 3.46. The van der Waals surface area contributed by atoms with E-state index >= 15 is 0 Å². The molecular formula is C22H19FN6O. The summed E-state index contributed by atoms with van der Waals surface area (Å²) in [6.07, 6.45) is 6.37. The van der Waals surface area contributed by atoms with E-state index in [4.69, 9.17) is 9.40 Å². The van der Waals surface area contributed by atoms with Crippen LogP contribution < -0.4 is 0 Å². The Balaban J connectivity index is 1.55. The third-order valence-electron chi connectivity index (χ3n) is 5.03. The highest BCUT2D eigenvalue weighted by atomic mass is 19.1. The number of halogens is 1. The van der Waals surface area contributed by atoms with E-state index in [9.17, 15) is 4.39 Å². The minimum absolute atomic E-state index is 0.284. The Morgan fingerprint density at radius 1 is 1.10 bits per heavy atom. The lowest BCUT2D eigenvalue weighted by Gasteiger charge is -2.08. The van der Waals surface area contributed by atoms with E-state index in [2.05, 4.69) is 26.5 Å². The van der Waals surface area contributed by atoms with Crippen LogP contribution in [-0.2, 0) is 13.0 Å². The van der Waals surface area contributed by atoms with Gasteiger partial charge in [0.05, 0.1) is 17.8 Å². The summed E-state index contributed by atoms with van der Waals surface area (Å²) in [5.41, 5.74) is 4.43. The minimum atomic E-state index is -0.284. The quantitative estimate of drug-likeness (QED) is 0.438. The molecule has 0 aliphatic rings. The SMILES string of the molecule is CCc1c(Cn2ccnc2-c2cccc(F)c2)nc2ccc(-c3nnc(C)o3)cn12. The van der Waals surface area contributed by atoms with Gasteiger partial charge in [0.2, 0.25) is 11.8 Å². The highest BCUT2D eigenvalue weighted by Crippen LogP contribution is 2.24. The molecule has 5 rings (SSSR count). The van der Waals surface area contributed by atoms with Crippen LogP contribution in [0.4, 0.5) is 4.39 Å². The second-order valence-corrected chi connectivity index (χ2v) is 7.02. The molecule has 5 aromatic rings. The second-order valence-electron chi connectivity index (χ2n) is 7.02. The number of aryl methyl sites for hydroxylation is 2. The van der Waals surface area contributed by atoms with Crippen LogP contribution in [0.1, 0.15) is 24.2 Å². The van der Waals surface area contributed by atoms with E-state index in [0.29, 0.717) is 24.2 Å². The maximum atomic E-state index is 13.7. The van der Waals surface area contributed by atoms with Crippen LogP contribution in [0.5, 0.6) is 0 Å². The first-order valence-corrected chi connectivity index (χ1v) is 9.70. The monoisotopic (exact) mass is 402 g/mol. The van der Waals surface area contributed by atoms with Crippen molar-refractivity contribution in [1.29, 1.82) is 0 Å². The van der Waals surface area contributed by atoms with Crippen molar-refractivity contribution >= 4 is 5.65 Å². The molecule has 7 nitrogen and oxygen atoms in total. The van der Waals surface area contributed by atoms with Crippen molar-refractivity contribution in [2.75, 3.05) is 0 Å². The van der Waals surface area contributed by atoms with Crippen LogP contribution in [0.25, 0.3) is 28.5 Å². The standard InChI is InChI=1S/C22H19FN6O/c1-3-19-18(13-28-10-9-24-21(28)15-5-4-6-17(23)11-15)25-20-8-7-16(12-29(19)20)22-27-26-14(2)30-22/h4-12H,3,13H2,1-2H3. The van der Waals surface area contributed by atoms with Crippen LogP contribution >= 0.6 is 0 Å². The minimum Gasteiger partial charge on any atom is -0.421 e. The Morgan fingerprint density at radius 2 is 2.00 bits per heavy atom. The van der Waals surface area contributed by atoms with Crippen LogP contribution in [-0.4, -0.2) is 29.1 Å². The normalized spacial score (nSPS) is 11.4. The van der Waals surface area contributed by atoms with Gasteiger partial charge in [0, 0.05) is 36.8 Å². The van der Waals surface area contributed by atoms with Gasteiger partial charge in [-0.05, 0) is 30.7 Å². The fourth-order valence-corrected chi connectivity index (χ4v) is 3.67. The number of fused-ring (bicyclic) bond motifs is 1. The first-order valence-electron chi connectivity index (χ1n) is 9.70. The zero-order chi connectivity index (χ0) is 20.7. The second kappa shape index (κ2) is 7.22. The fraction of sp³-hybridized carbons (Fsp3) is 0.182. The van der Waals surface area contributed by atoms with Crippen LogP contribution in [0, 0.1) is 12.7 Å². The van der Waals surface area contributed by atoms with Gasteiger partial charge in [-0.3, -0.25) is 0 Å². The van der Waals surface area contributed by atoms with Crippen LogP contribution in [0.2, 0.25) is 0 Å². The molecule has 0 N–H and O–H groups in total. The van der Waals surface area contributed by atoms with Crippen molar-refractivity contribution in [2.24, 2.45) is 0 Å². The van der Waals surface area contributed by atoms with Crippen molar-refractivity contribution in [1.82, 2.24) is 29.1 Å². The Hall–Kier alpha value is -3.81.